The first-order valence-electron chi connectivity index (χ1n) is 6.49. The summed E-state index contributed by atoms with van der Waals surface area (Å²) in [6, 6.07) is 7.55. The summed E-state index contributed by atoms with van der Waals surface area (Å²) in [7, 11) is 0. The van der Waals surface area contributed by atoms with E-state index in [2.05, 4.69) is 0 Å². The summed E-state index contributed by atoms with van der Waals surface area (Å²) >= 11 is 0. The molecule has 1 aromatic rings. The third-order valence-corrected chi connectivity index (χ3v) is 2.53. The molecule has 0 N–H and O–H groups in total. The van der Waals surface area contributed by atoms with E-state index < -0.39 is 6.10 Å². The molecule has 0 heterocycles. The van der Waals surface area contributed by atoms with Gasteiger partial charge in [-0.2, -0.15) is 0 Å². The zero-order valence-corrected chi connectivity index (χ0v) is 11.6. The third-order valence-electron chi connectivity index (χ3n) is 2.53. The predicted molar refractivity (Wildman–Crippen MR) is 71.9 cm³/mol. The SMILES string of the molecule is CCOC(C(=O)CC)c1ccc(OC(C)C)cc1. The van der Waals surface area contributed by atoms with E-state index in [1.807, 2.05) is 52.0 Å². The molecule has 18 heavy (non-hydrogen) atoms. The highest BCUT2D eigenvalue weighted by Crippen LogP contribution is 2.23. The fraction of sp³-hybridized carbons (Fsp3) is 0.533. The van der Waals surface area contributed by atoms with Crippen molar-refractivity contribution in [3.63, 3.8) is 0 Å². The van der Waals surface area contributed by atoms with Crippen molar-refractivity contribution < 1.29 is 14.3 Å². The number of benzene rings is 1. The van der Waals surface area contributed by atoms with Crippen LogP contribution in [0, 0.1) is 0 Å². The van der Waals surface area contributed by atoms with Gasteiger partial charge in [-0.05, 0) is 38.5 Å². The Morgan fingerprint density at radius 2 is 1.78 bits per heavy atom. The minimum atomic E-state index is -0.451. The zero-order chi connectivity index (χ0) is 13.5. The molecule has 0 saturated heterocycles. The molecule has 100 valence electrons. The second-order valence-electron chi connectivity index (χ2n) is 4.39. The monoisotopic (exact) mass is 250 g/mol. The van der Waals surface area contributed by atoms with Gasteiger partial charge in [-0.25, -0.2) is 0 Å². The maximum Gasteiger partial charge on any atom is 0.165 e. The van der Waals surface area contributed by atoms with Crippen LogP contribution in [0.1, 0.15) is 45.8 Å². The molecule has 3 heteroatoms. The highest BCUT2D eigenvalue weighted by Gasteiger charge is 2.18. The first-order chi connectivity index (χ1) is 8.58. The van der Waals surface area contributed by atoms with Gasteiger partial charge in [0.25, 0.3) is 0 Å². The average Bonchev–Trinajstić information content (AvgIpc) is 2.35. The fourth-order valence-corrected chi connectivity index (χ4v) is 1.72. The normalized spacial score (nSPS) is 12.5. The summed E-state index contributed by atoms with van der Waals surface area (Å²) in [5, 5.41) is 0. The van der Waals surface area contributed by atoms with Crippen molar-refractivity contribution >= 4 is 5.78 Å². The number of ketones is 1. The Bertz CT molecular complexity index is 368. The molecule has 0 aliphatic heterocycles. The van der Waals surface area contributed by atoms with Gasteiger partial charge in [0.1, 0.15) is 11.9 Å². The fourth-order valence-electron chi connectivity index (χ4n) is 1.72. The molecule has 1 atom stereocenters. The minimum Gasteiger partial charge on any atom is -0.491 e. The van der Waals surface area contributed by atoms with Crippen LogP contribution in [-0.4, -0.2) is 18.5 Å². The van der Waals surface area contributed by atoms with E-state index in [4.69, 9.17) is 9.47 Å². The van der Waals surface area contributed by atoms with E-state index in [-0.39, 0.29) is 11.9 Å². The van der Waals surface area contributed by atoms with Crippen LogP contribution in [0.5, 0.6) is 5.75 Å². The maximum absolute atomic E-state index is 11.8. The molecule has 0 aromatic heterocycles. The van der Waals surface area contributed by atoms with Gasteiger partial charge >= 0.3 is 0 Å². The summed E-state index contributed by atoms with van der Waals surface area (Å²) in [6.45, 7) is 8.24. The topological polar surface area (TPSA) is 35.5 Å². The van der Waals surface area contributed by atoms with Crippen LogP contribution in [0.2, 0.25) is 0 Å². The number of rotatable bonds is 7. The summed E-state index contributed by atoms with van der Waals surface area (Å²) in [6.07, 6.45) is 0.179. The Morgan fingerprint density at radius 1 is 1.17 bits per heavy atom. The standard InChI is InChI=1S/C15H22O3/c1-5-14(16)15(17-6-2)12-7-9-13(10-8-12)18-11(3)4/h7-11,15H,5-6H2,1-4H3. The molecule has 1 rings (SSSR count). The van der Waals surface area contributed by atoms with E-state index in [1.165, 1.54) is 0 Å². The number of hydrogen-bond donors (Lipinski definition) is 0. The van der Waals surface area contributed by atoms with Crippen molar-refractivity contribution in [1.29, 1.82) is 0 Å². The van der Waals surface area contributed by atoms with Crippen LogP contribution in [-0.2, 0) is 9.53 Å². The van der Waals surface area contributed by atoms with Crippen molar-refractivity contribution in [2.75, 3.05) is 6.61 Å². The molecular formula is C15H22O3. The molecule has 1 unspecified atom stereocenters. The number of carbonyl (C=O) groups is 1. The Hall–Kier alpha value is -1.35. The van der Waals surface area contributed by atoms with Crippen LogP contribution in [0.3, 0.4) is 0 Å². The van der Waals surface area contributed by atoms with Crippen LogP contribution in [0.4, 0.5) is 0 Å². The molecule has 1 aromatic carbocycles. The van der Waals surface area contributed by atoms with E-state index in [9.17, 15) is 4.79 Å². The smallest absolute Gasteiger partial charge is 0.165 e. The lowest BCUT2D eigenvalue weighted by Gasteiger charge is -2.16. The highest BCUT2D eigenvalue weighted by molar-refractivity contribution is 5.84. The zero-order valence-electron chi connectivity index (χ0n) is 11.6. The first kappa shape index (κ1) is 14.7. The first-order valence-corrected chi connectivity index (χ1v) is 6.49. The van der Waals surface area contributed by atoms with Crippen LogP contribution < -0.4 is 4.74 Å². The van der Waals surface area contributed by atoms with Crippen molar-refractivity contribution in [3.8, 4) is 5.75 Å². The minimum absolute atomic E-state index is 0.106. The van der Waals surface area contributed by atoms with Crippen LogP contribution in [0.25, 0.3) is 0 Å². The van der Waals surface area contributed by atoms with E-state index >= 15 is 0 Å². The number of ether oxygens (including phenoxy) is 2. The number of hydrogen-bond acceptors (Lipinski definition) is 3. The molecular weight excluding hydrogens is 228 g/mol. The van der Waals surface area contributed by atoms with Crippen molar-refractivity contribution in [3.05, 3.63) is 29.8 Å². The van der Waals surface area contributed by atoms with E-state index in [0.29, 0.717) is 13.0 Å². The Kier molecular flexibility index (Phi) is 5.86. The second kappa shape index (κ2) is 7.17. The van der Waals surface area contributed by atoms with Gasteiger partial charge in [0.05, 0.1) is 6.10 Å². The lowest BCUT2D eigenvalue weighted by atomic mass is 10.0. The molecule has 0 bridgehead atoms. The molecule has 0 fully saturated rings. The Balaban J connectivity index is 2.83. The van der Waals surface area contributed by atoms with Gasteiger partial charge < -0.3 is 9.47 Å². The lowest BCUT2D eigenvalue weighted by molar-refractivity contribution is -0.130. The third kappa shape index (κ3) is 4.15. The molecule has 0 aliphatic carbocycles. The summed E-state index contributed by atoms with van der Waals surface area (Å²) < 4.78 is 11.1. The molecule has 0 saturated carbocycles. The maximum atomic E-state index is 11.8. The molecule has 0 amide bonds. The summed E-state index contributed by atoms with van der Waals surface area (Å²) in [4.78, 5) is 11.8. The number of carbonyl (C=O) groups excluding carboxylic acids is 1. The quantitative estimate of drug-likeness (QED) is 0.742. The van der Waals surface area contributed by atoms with Crippen molar-refractivity contribution in [2.45, 2.75) is 46.3 Å². The van der Waals surface area contributed by atoms with Crippen molar-refractivity contribution in [1.82, 2.24) is 0 Å². The Morgan fingerprint density at radius 3 is 2.22 bits per heavy atom. The van der Waals surface area contributed by atoms with E-state index in [1.54, 1.807) is 0 Å². The predicted octanol–water partition coefficient (Wildman–Crippen LogP) is 3.53. The average molecular weight is 250 g/mol. The van der Waals surface area contributed by atoms with Gasteiger partial charge in [0, 0.05) is 13.0 Å². The van der Waals surface area contributed by atoms with Gasteiger partial charge in [0.15, 0.2) is 5.78 Å². The summed E-state index contributed by atoms with van der Waals surface area (Å²) in [5.41, 5.74) is 0.889. The van der Waals surface area contributed by atoms with E-state index in [0.717, 1.165) is 11.3 Å². The van der Waals surface area contributed by atoms with Gasteiger partial charge in [-0.3, -0.25) is 4.79 Å². The largest absolute Gasteiger partial charge is 0.491 e. The van der Waals surface area contributed by atoms with Gasteiger partial charge in [-0.1, -0.05) is 19.1 Å². The highest BCUT2D eigenvalue weighted by atomic mass is 16.5. The lowest BCUT2D eigenvalue weighted by Crippen LogP contribution is -2.15. The van der Waals surface area contributed by atoms with Gasteiger partial charge in [-0.15, -0.1) is 0 Å². The molecule has 0 aliphatic rings. The summed E-state index contributed by atoms with van der Waals surface area (Å²) in [5.74, 6) is 0.919. The van der Waals surface area contributed by atoms with Crippen LogP contribution in [0.15, 0.2) is 24.3 Å². The second-order valence-corrected chi connectivity index (χ2v) is 4.39. The molecule has 0 spiro atoms. The molecule has 0 radical (unpaired) electrons. The van der Waals surface area contributed by atoms with Crippen LogP contribution >= 0.6 is 0 Å². The van der Waals surface area contributed by atoms with Crippen molar-refractivity contribution in [2.24, 2.45) is 0 Å². The Labute approximate surface area is 109 Å². The number of Topliss-reactive ketones (excluding diaryl/α,β-unsaturated/α-hetero) is 1. The molecule has 3 nitrogen and oxygen atoms in total. The van der Waals surface area contributed by atoms with Gasteiger partial charge in [0.2, 0.25) is 0 Å².